The van der Waals surface area contributed by atoms with Gasteiger partial charge in [-0.25, -0.2) is 8.42 Å². The Kier molecular flexibility index (Phi) is 5.79. The number of rotatable bonds is 5. The van der Waals surface area contributed by atoms with Gasteiger partial charge in [-0.15, -0.1) is 0 Å². The largest absolute Gasteiger partial charge is 0.316 e. The molecule has 2 saturated heterocycles. The van der Waals surface area contributed by atoms with Gasteiger partial charge < -0.3 is 4.90 Å². The van der Waals surface area contributed by atoms with Crippen LogP contribution < -0.4 is 4.90 Å². The van der Waals surface area contributed by atoms with Crippen molar-refractivity contribution in [3.63, 3.8) is 0 Å². The molecule has 2 heterocycles. The Balaban J connectivity index is 1.58. The molecule has 0 radical (unpaired) electrons. The van der Waals surface area contributed by atoms with Gasteiger partial charge in [-0.2, -0.15) is 4.99 Å². The number of aryl methyl sites for hydroxylation is 1. The number of hydrogen-bond donors (Lipinski definition) is 0. The van der Waals surface area contributed by atoms with E-state index in [1.54, 1.807) is 24.3 Å². The second kappa shape index (κ2) is 8.35. The average Bonchev–Trinajstić information content (AvgIpc) is 3.18. The van der Waals surface area contributed by atoms with E-state index in [9.17, 15) is 18.0 Å². The lowest BCUT2D eigenvalue weighted by molar-refractivity contribution is -0.117. The lowest BCUT2D eigenvalue weighted by Gasteiger charge is -2.24. The van der Waals surface area contributed by atoms with Gasteiger partial charge >= 0.3 is 0 Å². The van der Waals surface area contributed by atoms with Crippen molar-refractivity contribution >= 4 is 44.1 Å². The third kappa shape index (κ3) is 4.49. The van der Waals surface area contributed by atoms with Crippen molar-refractivity contribution in [2.45, 2.75) is 31.1 Å². The third-order valence-electron chi connectivity index (χ3n) is 5.31. The summed E-state index contributed by atoms with van der Waals surface area (Å²) in [5.41, 5.74) is 2.40. The van der Waals surface area contributed by atoms with E-state index in [2.05, 4.69) is 4.99 Å². The van der Waals surface area contributed by atoms with Gasteiger partial charge in [0.05, 0.1) is 17.5 Å². The van der Waals surface area contributed by atoms with Crippen molar-refractivity contribution in [1.29, 1.82) is 0 Å². The molecule has 0 aliphatic carbocycles. The van der Waals surface area contributed by atoms with Crippen LogP contribution in [0, 0.1) is 0 Å². The monoisotopic (exact) mass is 442 g/mol. The van der Waals surface area contributed by atoms with E-state index in [4.69, 9.17) is 0 Å². The van der Waals surface area contributed by atoms with E-state index in [1.165, 1.54) is 18.7 Å². The Morgan fingerprint density at radius 2 is 1.77 bits per heavy atom. The smallest absolute Gasteiger partial charge is 0.248 e. The van der Waals surface area contributed by atoms with Crippen molar-refractivity contribution in [3.8, 4) is 0 Å². The van der Waals surface area contributed by atoms with Crippen LogP contribution in [0.4, 0.5) is 5.69 Å². The predicted octanol–water partition coefficient (Wildman–Crippen LogP) is 3.12. The van der Waals surface area contributed by atoms with Crippen molar-refractivity contribution in [1.82, 2.24) is 0 Å². The van der Waals surface area contributed by atoms with E-state index >= 15 is 0 Å². The summed E-state index contributed by atoms with van der Waals surface area (Å²) >= 11 is 1.36. The highest BCUT2D eigenvalue weighted by atomic mass is 32.2. The molecule has 0 spiro atoms. The first-order valence-corrected chi connectivity index (χ1v) is 12.5. The molecule has 1 amide bonds. The minimum Gasteiger partial charge on any atom is -0.316 e. The molecule has 0 unspecified atom stereocenters. The number of anilines is 1. The SMILES string of the molecule is CC(=O)c1ccc(N2C(=NC(=O)CCc3ccccc3)S[C@@H]3CS(=O)(=O)C[C@H]32)cc1. The molecule has 2 aliphatic heterocycles. The minimum absolute atomic E-state index is 0.0380. The van der Waals surface area contributed by atoms with E-state index in [0.29, 0.717) is 23.6 Å². The van der Waals surface area contributed by atoms with Gasteiger partial charge in [0, 0.05) is 22.9 Å². The summed E-state index contributed by atoms with van der Waals surface area (Å²) in [6, 6.07) is 16.5. The first-order valence-electron chi connectivity index (χ1n) is 9.75. The summed E-state index contributed by atoms with van der Waals surface area (Å²) in [6.45, 7) is 1.50. The number of benzene rings is 2. The maximum absolute atomic E-state index is 12.5. The quantitative estimate of drug-likeness (QED) is 0.662. The number of fused-ring (bicyclic) bond motifs is 1. The van der Waals surface area contributed by atoms with Gasteiger partial charge in [-0.05, 0) is 43.2 Å². The number of nitrogens with zero attached hydrogens (tertiary/aromatic N) is 2. The number of aliphatic imine (C=N–C) groups is 1. The van der Waals surface area contributed by atoms with Crippen molar-refractivity contribution in [2.24, 2.45) is 4.99 Å². The number of thioether (sulfide) groups is 1. The van der Waals surface area contributed by atoms with E-state index < -0.39 is 9.84 Å². The fraction of sp³-hybridized carbons (Fsp3) is 0.318. The Labute approximate surface area is 180 Å². The van der Waals surface area contributed by atoms with Gasteiger partial charge in [0.1, 0.15) is 0 Å². The first-order chi connectivity index (χ1) is 14.3. The zero-order chi connectivity index (χ0) is 21.3. The van der Waals surface area contributed by atoms with Gasteiger partial charge in [0.2, 0.25) is 5.91 Å². The van der Waals surface area contributed by atoms with Crippen LogP contribution in [0.2, 0.25) is 0 Å². The molecular weight excluding hydrogens is 420 g/mol. The number of Topliss-reactive ketones (excluding diaryl/α,β-unsaturated/α-hetero) is 1. The molecule has 2 aromatic carbocycles. The van der Waals surface area contributed by atoms with Crippen molar-refractivity contribution < 1.29 is 18.0 Å². The summed E-state index contributed by atoms with van der Waals surface area (Å²) < 4.78 is 24.3. The molecule has 6 nitrogen and oxygen atoms in total. The van der Waals surface area contributed by atoms with Crippen LogP contribution in [0.3, 0.4) is 0 Å². The van der Waals surface area contributed by atoms with Crippen LogP contribution in [0.15, 0.2) is 59.6 Å². The fourth-order valence-corrected chi connectivity index (χ4v) is 7.71. The van der Waals surface area contributed by atoms with Crippen molar-refractivity contribution in [3.05, 3.63) is 65.7 Å². The molecule has 30 heavy (non-hydrogen) atoms. The lowest BCUT2D eigenvalue weighted by Crippen LogP contribution is -2.37. The predicted molar refractivity (Wildman–Crippen MR) is 120 cm³/mol. The molecule has 4 rings (SSSR count). The molecular formula is C22H22N2O4S2. The van der Waals surface area contributed by atoms with Gasteiger partial charge in [0.15, 0.2) is 20.8 Å². The zero-order valence-corrected chi connectivity index (χ0v) is 18.2. The molecule has 2 fully saturated rings. The summed E-state index contributed by atoms with van der Waals surface area (Å²) in [5, 5.41) is 0.386. The molecule has 156 valence electrons. The number of ketones is 1. The van der Waals surface area contributed by atoms with Crippen LogP contribution in [0.1, 0.15) is 29.3 Å². The number of amidine groups is 1. The number of sulfone groups is 1. The molecule has 8 heteroatoms. The maximum Gasteiger partial charge on any atom is 0.248 e. The topological polar surface area (TPSA) is 83.9 Å². The third-order valence-corrected chi connectivity index (χ3v) is 8.52. The number of hydrogen-bond acceptors (Lipinski definition) is 5. The number of carbonyl (C=O) groups excluding carboxylic acids is 2. The van der Waals surface area contributed by atoms with Crippen LogP contribution in [-0.2, 0) is 21.1 Å². The number of amides is 1. The normalized spacial score (nSPS) is 23.5. The zero-order valence-electron chi connectivity index (χ0n) is 16.5. The van der Waals surface area contributed by atoms with E-state index in [0.717, 1.165) is 11.3 Å². The van der Waals surface area contributed by atoms with Gasteiger partial charge in [0.25, 0.3) is 0 Å². The van der Waals surface area contributed by atoms with E-state index in [1.807, 2.05) is 35.2 Å². The first kappa shape index (κ1) is 20.8. The average molecular weight is 443 g/mol. The summed E-state index contributed by atoms with van der Waals surface area (Å²) in [6.07, 6.45) is 0.897. The second-order valence-corrected chi connectivity index (χ2v) is 10.9. The molecule has 0 N–H and O–H groups in total. The lowest BCUT2D eigenvalue weighted by atomic mass is 10.1. The Morgan fingerprint density at radius 1 is 1.07 bits per heavy atom. The molecule has 2 aromatic rings. The standard InChI is InChI=1S/C22H22N2O4S2/c1-15(25)17-8-10-18(11-9-17)24-19-13-30(27,28)14-20(19)29-22(24)23-21(26)12-7-16-5-3-2-4-6-16/h2-6,8-11,19-20H,7,12-14H2,1H3/t19-,20-/m1/s1. The van der Waals surface area contributed by atoms with Crippen LogP contribution in [0.25, 0.3) is 0 Å². The molecule has 0 saturated carbocycles. The van der Waals surface area contributed by atoms with Gasteiger partial charge in [-0.1, -0.05) is 42.1 Å². The highest BCUT2D eigenvalue weighted by Crippen LogP contribution is 2.41. The van der Waals surface area contributed by atoms with Crippen LogP contribution in [0.5, 0.6) is 0 Å². The van der Waals surface area contributed by atoms with Crippen LogP contribution >= 0.6 is 11.8 Å². The summed E-state index contributed by atoms with van der Waals surface area (Å²) in [4.78, 5) is 30.3. The van der Waals surface area contributed by atoms with Crippen LogP contribution in [-0.4, -0.2) is 48.1 Å². The molecule has 2 aliphatic rings. The van der Waals surface area contributed by atoms with Gasteiger partial charge in [-0.3, -0.25) is 9.59 Å². The fourth-order valence-electron chi connectivity index (χ4n) is 3.78. The molecule has 2 atom stereocenters. The maximum atomic E-state index is 12.5. The number of carbonyl (C=O) groups is 2. The van der Waals surface area contributed by atoms with Crippen molar-refractivity contribution in [2.75, 3.05) is 16.4 Å². The molecule has 0 aromatic heterocycles. The Morgan fingerprint density at radius 3 is 2.43 bits per heavy atom. The highest BCUT2D eigenvalue weighted by Gasteiger charge is 2.49. The Bertz CT molecular complexity index is 1100. The Hall–Kier alpha value is -2.45. The minimum atomic E-state index is -3.12. The summed E-state index contributed by atoms with van der Waals surface area (Å²) in [5.74, 6) is -0.143. The molecule has 0 bridgehead atoms. The second-order valence-electron chi connectivity index (χ2n) is 7.55. The highest BCUT2D eigenvalue weighted by molar-refractivity contribution is 8.16. The van der Waals surface area contributed by atoms with E-state index in [-0.39, 0.29) is 34.5 Å². The summed E-state index contributed by atoms with van der Waals surface area (Å²) in [7, 11) is -3.12.